The largest absolute Gasteiger partial charge is 0.478 e. The number of aromatic amines is 1. The van der Waals surface area contributed by atoms with E-state index in [1.54, 1.807) is 6.33 Å². The number of rotatable bonds is 4. The van der Waals surface area contributed by atoms with E-state index in [1.807, 2.05) is 6.92 Å². The molecule has 0 radical (unpaired) electrons. The molecule has 0 spiro atoms. The number of H-pyrrole nitrogens is 1. The molecule has 0 amide bonds. The summed E-state index contributed by atoms with van der Waals surface area (Å²) in [6.45, 7) is 3.08. The molecule has 0 saturated carbocycles. The minimum atomic E-state index is -1.26. The van der Waals surface area contributed by atoms with Crippen molar-refractivity contribution in [1.29, 1.82) is 0 Å². The smallest absolute Gasteiger partial charge is 0.328 e. The summed E-state index contributed by atoms with van der Waals surface area (Å²) in [5, 5.41) is 16.8. The molecule has 3 N–H and O–H groups in total. The van der Waals surface area contributed by atoms with Gasteiger partial charge in [-0.2, -0.15) is 0 Å². The van der Waals surface area contributed by atoms with Gasteiger partial charge in [0.25, 0.3) is 0 Å². The molecule has 1 aliphatic heterocycles. The highest BCUT2D eigenvalue weighted by Crippen LogP contribution is 2.38. The van der Waals surface area contributed by atoms with Crippen molar-refractivity contribution in [2.75, 3.05) is 0 Å². The molecule has 1 aliphatic carbocycles. The van der Waals surface area contributed by atoms with E-state index in [1.165, 1.54) is 28.6 Å². The molecule has 1 atom stereocenters. The second kappa shape index (κ2) is 8.82. The molecule has 2 aliphatic rings. The normalized spacial score (nSPS) is 17.2. The quantitative estimate of drug-likeness (QED) is 0.540. The van der Waals surface area contributed by atoms with E-state index >= 15 is 0 Å². The summed E-state index contributed by atoms with van der Waals surface area (Å²) in [5.41, 5.74) is 7.11. The number of aliphatic carboxylic acids is 2. The average Bonchev–Trinajstić information content (AvgIpc) is 3.32. The van der Waals surface area contributed by atoms with Gasteiger partial charge >= 0.3 is 11.9 Å². The van der Waals surface area contributed by atoms with Crippen LogP contribution in [0.5, 0.6) is 0 Å². The topological polar surface area (TPSA) is 125 Å². The first-order valence-corrected chi connectivity index (χ1v) is 10.7. The Kier molecular flexibility index (Phi) is 5.94. The van der Waals surface area contributed by atoms with Crippen molar-refractivity contribution in [1.82, 2.24) is 14.5 Å². The molecule has 8 nitrogen and oxygen atoms in total. The number of benzene rings is 1. The number of hydrogen-bond acceptors (Lipinski definition) is 4. The van der Waals surface area contributed by atoms with Gasteiger partial charge in [0, 0.05) is 53.4 Å². The molecule has 0 bridgehead atoms. The van der Waals surface area contributed by atoms with Gasteiger partial charge in [0.05, 0.1) is 17.5 Å². The number of carboxylic acid groups (broad SMARTS) is 2. The van der Waals surface area contributed by atoms with Crippen molar-refractivity contribution >= 4 is 28.6 Å². The molecule has 166 valence electrons. The van der Waals surface area contributed by atoms with Crippen molar-refractivity contribution in [3.8, 4) is 0 Å². The van der Waals surface area contributed by atoms with Gasteiger partial charge in [-0.3, -0.25) is 4.79 Å². The Hall–Kier alpha value is -3.68. The van der Waals surface area contributed by atoms with Crippen LogP contribution in [0.1, 0.15) is 45.8 Å². The van der Waals surface area contributed by atoms with Gasteiger partial charge < -0.3 is 19.8 Å². The van der Waals surface area contributed by atoms with Crippen LogP contribution in [0, 0.1) is 12.8 Å². The Labute approximate surface area is 184 Å². The number of aryl methyl sites for hydroxylation is 3. The standard InChI is InChI=1S/C20H21N3O.C4H4O4/c1-12-16(22-11-21-12)10-14-7-8-17-18(20(14)24)15-6-2-4-13-5-3-9-23(17)19(13)15;5-3(6)1-2-4(7)8/h2,4,6,11,14H,3,5,7-10H2,1H3,(H,21,22);1-2H,(H,5,6)(H,7,8)/b;2-1-. The number of carbonyl (C=O) groups is 3. The van der Waals surface area contributed by atoms with Gasteiger partial charge in [0.1, 0.15) is 0 Å². The van der Waals surface area contributed by atoms with E-state index in [9.17, 15) is 14.4 Å². The lowest BCUT2D eigenvalue weighted by Gasteiger charge is -2.23. The van der Waals surface area contributed by atoms with E-state index in [0.717, 1.165) is 49.2 Å². The first-order chi connectivity index (χ1) is 15.4. The summed E-state index contributed by atoms with van der Waals surface area (Å²) in [7, 11) is 0. The lowest BCUT2D eigenvalue weighted by Crippen LogP contribution is -2.25. The summed E-state index contributed by atoms with van der Waals surface area (Å²) >= 11 is 0. The molecular weight excluding hydrogens is 410 g/mol. The highest BCUT2D eigenvalue weighted by molar-refractivity contribution is 6.12. The summed E-state index contributed by atoms with van der Waals surface area (Å²) in [6, 6.07) is 6.47. The lowest BCUT2D eigenvalue weighted by atomic mass is 9.82. The van der Waals surface area contributed by atoms with E-state index in [2.05, 4.69) is 32.7 Å². The molecule has 0 saturated heterocycles. The van der Waals surface area contributed by atoms with Crippen LogP contribution < -0.4 is 0 Å². The van der Waals surface area contributed by atoms with Crippen LogP contribution in [0.3, 0.4) is 0 Å². The van der Waals surface area contributed by atoms with E-state index in [0.29, 0.717) is 17.9 Å². The Morgan fingerprint density at radius 2 is 1.97 bits per heavy atom. The number of nitrogens with zero attached hydrogens (tertiary/aromatic N) is 2. The minimum absolute atomic E-state index is 0.0583. The fraction of sp³-hybridized carbons (Fsp3) is 0.333. The fourth-order valence-corrected chi connectivity index (χ4v) is 4.76. The number of imidazole rings is 1. The SMILES string of the molecule is Cc1[nH]cnc1CC1CCc2c(c3cccc4c3n2CCC4)C1=O.O=C(O)/C=C\C(=O)O. The van der Waals surface area contributed by atoms with Crippen LogP contribution in [-0.2, 0) is 35.4 Å². The predicted molar refractivity (Wildman–Crippen MR) is 118 cm³/mol. The van der Waals surface area contributed by atoms with Crippen LogP contribution in [0.4, 0.5) is 0 Å². The van der Waals surface area contributed by atoms with Gasteiger partial charge in [-0.25, -0.2) is 14.6 Å². The number of carboxylic acids is 2. The predicted octanol–water partition coefficient (Wildman–Crippen LogP) is 3.32. The van der Waals surface area contributed by atoms with Crippen LogP contribution in [0.25, 0.3) is 10.9 Å². The van der Waals surface area contributed by atoms with E-state index in [4.69, 9.17) is 10.2 Å². The summed E-state index contributed by atoms with van der Waals surface area (Å²) in [5.74, 6) is -2.13. The first-order valence-electron chi connectivity index (χ1n) is 10.7. The Morgan fingerprint density at radius 1 is 1.22 bits per heavy atom. The molecule has 0 fully saturated rings. The number of ketones is 1. The number of hydrogen-bond donors (Lipinski definition) is 3. The van der Waals surface area contributed by atoms with Crippen molar-refractivity contribution in [2.45, 2.75) is 45.6 Å². The molecule has 3 heterocycles. The molecule has 1 aromatic carbocycles. The molecule has 8 heteroatoms. The van der Waals surface area contributed by atoms with Crippen molar-refractivity contribution < 1.29 is 24.6 Å². The highest BCUT2D eigenvalue weighted by Gasteiger charge is 2.34. The molecule has 5 rings (SSSR count). The monoisotopic (exact) mass is 435 g/mol. The lowest BCUT2D eigenvalue weighted by molar-refractivity contribution is -0.134. The maximum atomic E-state index is 13.3. The van der Waals surface area contributed by atoms with E-state index in [-0.39, 0.29) is 5.92 Å². The summed E-state index contributed by atoms with van der Waals surface area (Å²) in [4.78, 5) is 39.9. The fourth-order valence-electron chi connectivity index (χ4n) is 4.76. The zero-order valence-corrected chi connectivity index (χ0v) is 17.8. The van der Waals surface area contributed by atoms with Crippen molar-refractivity contribution in [3.63, 3.8) is 0 Å². The minimum Gasteiger partial charge on any atom is -0.478 e. The first kappa shape index (κ1) is 21.5. The molecule has 32 heavy (non-hydrogen) atoms. The van der Waals surface area contributed by atoms with Gasteiger partial charge in [-0.15, -0.1) is 0 Å². The van der Waals surface area contributed by atoms with Crippen LogP contribution in [-0.4, -0.2) is 42.5 Å². The summed E-state index contributed by atoms with van der Waals surface area (Å²) in [6.07, 6.45) is 7.84. The van der Waals surface area contributed by atoms with Crippen molar-refractivity contribution in [2.24, 2.45) is 5.92 Å². The number of carbonyl (C=O) groups excluding carboxylic acids is 1. The van der Waals surface area contributed by atoms with Gasteiger partial charge in [0.15, 0.2) is 5.78 Å². The van der Waals surface area contributed by atoms with Gasteiger partial charge in [-0.1, -0.05) is 18.2 Å². The Balaban J connectivity index is 0.000000265. The molecule has 1 unspecified atom stereocenters. The molecule has 2 aromatic heterocycles. The number of Topliss-reactive ketones (excluding diaryl/α,β-unsaturated/α-hetero) is 1. The maximum Gasteiger partial charge on any atom is 0.328 e. The van der Waals surface area contributed by atoms with Gasteiger partial charge in [0.2, 0.25) is 0 Å². The summed E-state index contributed by atoms with van der Waals surface area (Å²) < 4.78 is 2.43. The second-order valence-electron chi connectivity index (χ2n) is 8.18. The number of fused-ring (bicyclic) bond motifs is 3. The second-order valence-corrected chi connectivity index (χ2v) is 8.18. The maximum absolute atomic E-state index is 13.3. The molecular formula is C24H25N3O5. The van der Waals surface area contributed by atoms with Crippen LogP contribution in [0.15, 0.2) is 36.7 Å². The zero-order chi connectivity index (χ0) is 22.8. The van der Waals surface area contributed by atoms with E-state index < -0.39 is 11.9 Å². The number of para-hydroxylation sites is 1. The van der Waals surface area contributed by atoms with Crippen LogP contribution >= 0.6 is 0 Å². The molecule has 3 aromatic rings. The average molecular weight is 435 g/mol. The van der Waals surface area contributed by atoms with Gasteiger partial charge in [-0.05, 0) is 38.2 Å². The third-order valence-corrected chi connectivity index (χ3v) is 6.19. The Bertz CT molecular complexity index is 1220. The highest BCUT2D eigenvalue weighted by atomic mass is 16.4. The number of aromatic nitrogens is 3. The van der Waals surface area contributed by atoms with Crippen LogP contribution in [0.2, 0.25) is 0 Å². The third kappa shape index (κ3) is 4.08. The van der Waals surface area contributed by atoms with Crippen molar-refractivity contribution in [3.05, 3.63) is 64.9 Å². The zero-order valence-electron chi connectivity index (χ0n) is 17.8. The number of nitrogens with one attached hydrogen (secondary N) is 1. The third-order valence-electron chi connectivity index (χ3n) is 6.19. The Morgan fingerprint density at radius 3 is 2.62 bits per heavy atom.